The van der Waals surface area contributed by atoms with Gasteiger partial charge in [-0.05, 0) is 38.3 Å². The molecule has 0 unspecified atom stereocenters. The first-order valence-corrected chi connectivity index (χ1v) is 12.3. The predicted molar refractivity (Wildman–Crippen MR) is 136 cm³/mol. The second-order valence-electron chi connectivity index (χ2n) is 9.97. The van der Waals surface area contributed by atoms with E-state index in [4.69, 9.17) is 4.74 Å². The largest absolute Gasteiger partial charge is 0.381 e. The average molecular weight is 492 g/mol. The van der Waals surface area contributed by atoms with Crippen LogP contribution >= 0.6 is 0 Å². The molecule has 4 aromatic rings. The van der Waals surface area contributed by atoms with Crippen LogP contribution in [0.5, 0.6) is 0 Å². The van der Waals surface area contributed by atoms with Crippen LogP contribution in [0, 0.1) is 12.7 Å². The van der Waals surface area contributed by atoms with Gasteiger partial charge in [-0.2, -0.15) is 5.10 Å². The molecule has 1 aromatic carbocycles. The van der Waals surface area contributed by atoms with Crippen LogP contribution in [0.4, 0.5) is 15.8 Å². The molecule has 36 heavy (non-hydrogen) atoms. The Morgan fingerprint density at radius 3 is 2.83 bits per heavy atom. The minimum atomic E-state index is -0.490. The normalized spacial score (nSPS) is 21.9. The standard InChI is InChI=1S/C26H30FN7O2/c1-15-11-34-13-18(10-22(27)25(34)28-15)30-26(35)20-4-5-23(21-14-32(2)31-24(20)21)33-7-6-16(12-33)29-17-8-19(9-17)36-3/h4-5,10-11,13-14,16-17,19,29H,6-9,12H2,1-3H3,(H,30,35)/t16-,17-,19-/m1/s1. The van der Waals surface area contributed by atoms with E-state index in [1.54, 1.807) is 35.5 Å². The molecule has 1 amide bonds. The van der Waals surface area contributed by atoms with Gasteiger partial charge in [-0.15, -0.1) is 0 Å². The maximum atomic E-state index is 14.5. The summed E-state index contributed by atoms with van der Waals surface area (Å²) in [6.07, 6.45) is 8.93. The van der Waals surface area contributed by atoms with E-state index < -0.39 is 5.82 Å². The summed E-state index contributed by atoms with van der Waals surface area (Å²) in [6.45, 7) is 3.65. The summed E-state index contributed by atoms with van der Waals surface area (Å²) in [6, 6.07) is 6.05. The van der Waals surface area contributed by atoms with Crippen molar-refractivity contribution >= 4 is 33.8 Å². The lowest BCUT2D eigenvalue weighted by Gasteiger charge is -2.36. The quantitative estimate of drug-likeness (QED) is 0.431. The van der Waals surface area contributed by atoms with Crippen LogP contribution in [-0.2, 0) is 11.8 Å². The number of nitrogens with zero attached hydrogens (tertiary/aromatic N) is 5. The number of hydrogen-bond donors (Lipinski definition) is 2. The van der Waals surface area contributed by atoms with Crippen molar-refractivity contribution in [3.8, 4) is 0 Å². The fraction of sp³-hybridized carbons (Fsp3) is 0.423. The molecule has 4 heterocycles. The average Bonchev–Trinajstić information content (AvgIpc) is 3.52. The van der Waals surface area contributed by atoms with Gasteiger partial charge in [-0.3, -0.25) is 9.48 Å². The van der Waals surface area contributed by atoms with Crippen LogP contribution in [0.3, 0.4) is 0 Å². The second kappa shape index (κ2) is 8.86. The van der Waals surface area contributed by atoms with E-state index in [9.17, 15) is 9.18 Å². The van der Waals surface area contributed by atoms with Gasteiger partial charge in [0.1, 0.15) is 5.52 Å². The summed E-state index contributed by atoms with van der Waals surface area (Å²) in [4.78, 5) is 19.8. The number of nitrogens with one attached hydrogen (secondary N) is 2. The predicted octanol–water partition coefficient (Wildman–Crippen LogP) is 3.27. The maximum Gasteiger partial charge on any atom is 0.257 e. The van der Waals surface area contributed by atoms with Crippen molar-refractivity contribution in [2.45, 2.75) is 44.4 Å². The van der Waals surface area contributed by atoms with Crippen LogP contribution < -0.4 is 15.5 Å². The third-order valence-corrected chi connectivity index (χ3v) is 7.33. The third kappa shape index (κ3) is 4.10. The van der Waals surface area contributed by atoms with E-state index in [1.165, 1.54) is 6.07 Å². The van der Waals surface area contributed by atoms with Gasteiger partial charge < -0.3 is 24.7 Å². The molecule has 2 N–H and O–H groups in total. The van der Waals surface area contributed by atoms with Crippen molar-refractivity contribution in [2.75, 3.05) is 30.4 Å². The fourth-order valence-corrected chi connectivity index (χ4v) is 5.45. The van der Waals surface area contributed by atoms with E-state index in [1.807, 2.05) is 25.4 Å². The van der Waals surface area contributed by atoms with Crippen LogP contribution in [0.25, 0.3) is 16.6 Å². The van der Waals surface area contributed by atoms with Crippen molar-refractivity contribution in [2.24, 2.45) is 7.05 Å². The number of amides is 1. The van der Waals surface area contributed by atoms with Gasteiger partial charge in [-0.25, -0.2) is 9.37 Å². The number of hydrogen-bond acceptors (Lipinski definition) is 6. The fourth-order valence-electron chi connectivity index (χ4n) is 5.45. The Labute approximate surface area is 208 Å². The molecule has 0 radical (unpaired) electrons. The summed E-state index contributed by atoms with van der Waals surface area (Å²) >= 11 is 0. The highest BCUT2D eigenvalue weighted by Crippen LogP contribution is 2.32. The van der Waals surface area contributed by atoms with Crippen molar-refractivity contribution in [3.63, 3.8) is 0 Å². The monoisotopic (exact) mass is 491 g/mol. The van der Waals surface area contributed by atoms with Crippen molar-refractivity contribution < 1.29 is 13.9 Å². The number of benzene rings is 1. The van der Waals surface area contributed by atoms with E-state index in [0.717, 1.165) is 43.4 Å². The van der Waals surface area contributed by atoms with E-state index in [2.05, 4.69) is 25.6 Å². The summed E-state index contributed by atoms with van der Waals surface area (Å²) in [5, 5.41) is 12.1. The molecule has 0 spiro atoms. The lowest BCUT2D eigenvalue weighted by atomic mass is 9.88. The Morgan fingerprint density at radius 1 is 1.19 bits per heavy atom. The smallest absolute Gasteiger partial charge is 0.257 e. The molecule has 6 rings (SSSR count). The van der Waals surface area contributed by atoms with Gasteiger partial charge in [0.05, 0.1) is 23.0 Å². The summed E-state index contributed by atoms with van der Waals surface area (Å²) in [5.74, 6) is -0.824. The molecule has 0 bridgehead atoms. The molecule has 1 atom stereocenters. The number of carbonyl (C=O) groups excluding carboxylic acids is 1. The van der Waals surface area contributed by atoms with E-state index in [0.29, 0.717) is 40.6 Å². The van der Waals surface area contributed by atoms with Gasteiger partial charge in [0.2, 0.25) is 0 Å². The highest BCUT2D eigenvalue weighted by Gasteiger charge is 2.33. The summed E-state index contributed by atoms with van der Waals surface area (Å²) in [5.41, 5.74) is 3.45. The molecule has 2 fully saturated rings. The lowest BCUT2D eigenvalue weighted by Crippen LogP contribution is -2.49. The minimum Gasteiger partial charge on any atom is -0.381 e. The molecule has 1 aliphatic carbocycles. The number of carbonyl (C=O) groups is 1. The highest BCUT2D eigenvalue weighted by molar-refractivity contribution is 6.13. The minimum absolute atomic E-state index is 0.233. The molecule has 10 heteroatoms. The van der Waals surface area contributed by atoms with Crippen LogP contribution in [0.15, 0.2) is 36.8 Å². The van der Waals surface area contributed by atoms with Gasteiger partial charge in [0.15, 0.2) is 11.5 Å². The Morgan fingerprint density at radius 2 is 2.03 bits per heavy atom. The summed E-state index contributed by atoms with van der Waals surface area (Å²) in [7, 11) is 3.63. The van der Waals surface area contributed by atoms with Gasteiger partial charge >= 0.3 is 0 Å². The highest BCUT2D eigenvalue weighted by atomic mass is 19.1. The number of imidazole rings is 1. The number of halogens is 1. The van der Waals surface area contributed by atoms with Gasteiger partial charge in [0, 0.05) is 75.1 Å². The van der Waals surface area contributed by atoms with Crippen molar-refractivity contribution in [3.05, 3.63) is 53.9 Å². The molecule has 188 valence electrons. The summed E-state index contributed by atoms with van der Waals surface area (Å²) < 4.78 is 23.2. The first-order chi connectivity index (χ1) is 17.4. The number of fused-ring (bicyclic) bond motifs is 2. The zero-order valence-electron chi connectivity index (χ0n) is 20.7. The molecular formula is C26H30FN7O2. The lowest BCUT2D eigenvalue weighted by molar-refractivity contribution is 0.0149. The maximum absolute atomic E-state index is 14.5. The second-order valence-corrected chi connectivity index (χ2v) is 9.97. The first-order valence-electron chi connectivity index (χ1n) is 12.3. The van der Waals surface area contributed by atoms with Crippen LogP contribution in [0.1, 0.15) is 35.3 Å². The Kier molecular flexibility index (Phi) is 5.65. The first kappa shape index (κ1) is 22.9. The Hall–Kier alpha value is -3.50. The number of aromatic nitrogens is 4. The number of methoxy groups -OCH3 is 1. The van der Waals surface area contributed by atoms with Crippen LogP contribution in [-0.4, -0.2) is 63.5 Å². The Bertz CT molecular complexity index is 1460. The molecule has 3 aromatic heterocycles. The van der Waals surface area contributed by atoms with E-state index >= 15 is 0 Å². The van der Waals surface area contributed by atoms with Gasteiger partial charge in [-0.1, -0.05) is 0 Å². The Balaban J connectivity index is 1.22. The number of ether oxygens (including phenoxy) is 1. The number of anilines is 2. The zero-order chi connectivity index (χ0) is 25.0. The molecule has 1 saturated carbocycles. The number of aryl methyl sites for hydroxylation is 2. The third-order valence-electron chi connectivity index (χ3n) is 7.33. The van der Waals surface area contributed by atoms with Crippen molar-refractivity contribution in [1.29, 1.82) is 0 Å². The molecule has 1 aliphatic heterocycles. The number of pyridine rings is 1. The molecule has 1 saturated heterocycles. The van der Waals surface area contributed by atoms with Crippen LogP contribution in [0.2, 0.25) is 0 Å². The molecule has 2 aliphatic rings. The van der Waals surface area contributed by atoms with E-state index in [-0.39, 0.29) is 11.6 Å². The zero-order valence-corrected chi connectivity index (χ0v) is 20.7. The topological polar surface area (TPSA) is 88.7 Å². The molecule has 9 nitrogen and oxygen atoms in total. The van der Waals surface area contributed by atoms with Gasteiger partial charge in [0.25, 0.3) is 5.91 Å². The SMILES string of the molecule is CO[C@H]1C[C@H](N[C@@H]2CCN(c3ccc(C(=O)Nc4cc(F)c5nc(C)cn5c4)c4nn(C)cc34)C2)C1. The number of rotatable bonds is 6. The molecular weight excluding hydrogens is 461 g/mol. The van der Waals surface area contributed by atoms with Crippen molar-refractivity contribution in [1.82, 2.24) is 24.5 Å².